The molecule has 2 aliphatic rings. The minimum Gasteiger partial charge on any atom is -0.491 e. The molecular formula is C19H24O5. The van der Waals surface area contributed by atoms with Crippen molar-refractivity contribution in [1.82, 2.24) is 0 Å². The molecule has 2 saturated carbocycles. The zero-order chi connectivity index (χ0) is 17.2. The summed E-state index contributed by atoms with van der Waals surface area (Å²) in [4.78, 5) is 12.0. The quantitative estimate of drug-likeness (QED) is 0.776. The van der Waals surface area contributed by atoms with E-state index in [4.69, 9.17) is 9.47 Å². The second-order valence-electron chi connectivity index (χ2n) is 6.59. The van der Waals surface area contributed by atoms with Crippen LogP contribution in [0, 0.1) is 11.8 Å². The number of benzene rings is 1. The maximum Gasteiger partial charge on any atom is 0.165 e. The van der Waals surface area contributed by atoms with Crippen molar-refractivity contribution < 1.29 is 24.5 Å². The normalized spacial score (nSPS) is 33.8. The summed E-state index contributed by atoms with van der Waals surface area (Å²) in [6.07, 6.45) is 3.70. The van der Waals surface area contributed by atoms with Crippen molar-refractivity contribution in [2.75, 3.05) is 13.7 Å². The molecule has 5 atom stereocenters. The first-order valence-electron chi connectivity index (χ1n) is 8.37. The minimum absolute atomic E-state index is 0.0164. The number of hydrogen-bond donors (Lipinski definition) is 2. The number of carbonyl (C=O) groups excluding carboxylic acids is 1. The van der Waals surface area contributed by atoms with E-state index >= 15 is 0 Å². The molecule has 5 heteroatoms. The molecule has 0 saturated heterocycles. The molecule has 0 spiro atoms. The maximum absolute atomic E-state index is 12.0. The number of ether oxygens (including phenoxy) is 2. The predicted octanol–water partition coefficient (Wildman–Crippen LogP) is 1.73. The van der Waals surface area contributed by atoms with Crippen LogP contribution in [0.4, 0.5) is 0 Å². The van der Waals surface area contributed by atoms with Gasteiger partial charge in [-0.05, 0) is 25.0 Å². The number of aliphatic hydroxyl groups excluding tert-OH is 2. The number of methoxy groups -OCH3 is 1. The second-order valence-corrected chi connectivity index (χ2v) is 6.59. The van der Waals surface area contributed by atoms with Gasteiger partial charge in [-0.2, -0.15) is 0 Å². The van der Waals surface area contributed by atoms with Crippen LogP contribution in [0.15, 0.2) is 42.5 Å². The van der Waals surface area contributed by atoms with Gasteiger partial charge in [-0.15, -0.1) is 0 Å². The van der Waals surface area contributed by atoms with E-state index in [1.165, 1.54) is 0 Å². The van der Waals surface area contributed by atoms with Crippen LogP contribution < -0.4 is 4.74 Å². The van der Waals surface area contributed by atoms with Crippen molar-refractivity contribution >= 4 is 5.78 Å². The molecule has 1 aromatic rings. The van der Waals surface area contributed by atoms with Gasteiger partial charge in [-0.25, -0.2) is 0 Å². The molecule has 2 N–H and O–H groups in total. The molecule has 0 radical (unpaired) electrons. The molecule has 0 aliphatic heterocycles. The van der Waals surface area contributed by atoms with Gasteiger partial charge in [0.25, 0.3) is 0 Å². The molecule has 2 aliphatic carbocycles. The number of ketones is 1. The van der Waals surface area contributed by atoms with Gasteiger partial charge < -0.3 is 19.7 Å². The highest BCUT2D eigenvalue weighted by Gasteiger charge is 2.60. The van der Waals surface area contributed by atoms with Gasteiger partial charge in [-0.3, -0.25) is 4.79 Å². The Morgan fingerprint density at radius 3 is 2.79 bits per heavy atom. The smallest absolute Gasteiger partial charge is 0.165 e. The third kappa shape index (κ3) is 3.11. The van der Waals surface area contributed by atoms with Crippen molar-refractivity contribution in [3.8, 4) is 5.75 Å². The Bertz CT molecular complexity index is 599. The van der Waals surface area contributed by atoms with Crippen LogP contribution in [0.1, 0.15) is 19.3 Å². The van der Waals surface area contributed by atoms with Crippen LogP contribution in [-0.4, -0.2) is 47.5 Å². The number of para-hydroxylation sites is 1. The van der Waals surface area contributed by atoms with Gasteiger partial charge >= 0.3 is 0 Å². The molecule has 2 fully saturated rings. The van der Waals surface area contributed by atoms with Crippen LogP contribution in [0.3, 0.4) is 0 Å². The third-order valence-electron chi connectivity index (χ3n) is 5.28. The summed E-state index contributed by atoms with van der Waals surface area (Å²) in [5.41, 5.74) is -0.736. The Labute approximate surface area is 141 Å². The molecule has 0 aromatic heterocycles. The van der Waals surface area contributed by atoms with Gasteiger partial charge in [-0.1, -0.05) is 30.4 Å². The zero-order valence-electron chi connectivity index (χ0n) is 13.8. The molecule has 0 heterocycles. The average molecular weight is 332 g/mol. The molecule has 5 nitrogen and oxygen atoms in total. The van der Waals surface area contributed by atoms with Crippen molar-refractivity contribution in [1.29, 1.82) is 0 Å². The van der Waals surface area contributed by atoms with Gasteiger partial charge in [0, 0.05) is 25.4 Å². The standard InChI is InChI=1S/C19H24O5/c1-23-19-10-9-17(21)15(16(19)11-18(19)22)8-7-13(20)12-24-14-5-3-2-4-6-14/h2-8,13,15-17,20-21H,9-12H2,1H3/b8-7+/t13-,15+,16+,17+,19+/m1/s1. The number of carbonyl (C=O) groups is 1. The molecule has 0 bridgehead atoms. The first-order valence-corrected chi connectivity index (χ1v) is 8.37. The monoisotopic (exact) mass is 332 g/mol. The van der Waals surface area contributed by atoms with E-state index in [1.807, 2.05) is 36.4 Å². The van der Waals surface area contributed by atoms with E-state index in [0.717, 1.165) is 0 Å². The zero-order valence-corrected chi connectivity index (χ0v) is 13.8. The highest BCUT2D eigenvalue weighted by atomic mass is 16.5. The van der Waals surface area contributed by atoms with E-state index in [2.05, 4.69) is 0 Å². The van der Waals surface area contributed by atoms with Crippen LogP contribution >= 0.6 is 0 Å². The van der Waals surface area contributed by atoms with Crippen molar-refractivity contribution in [2.24, 2.45) is 11.8 Å². The molecule has 1 aromatic carbocycles. The van der Waals surface area contributed by atoms with Crippen LogP contribution in [0.5, 0.6) is 5.75 Å². The van der Waals surface area contributed by atoms with E-state index < -0.39 is 17.8 Å². The van der Waals surface area contributed by atoms with Crippen molar-refractivity contribution in [3.63, 3.8) is 0 Å². The maximum atomic E-state index is 12.0. The highest BCUT2D eigenvalue weighted by Crippen LogP contribution is 2.51. The van der Waals surface area contributed by atoms with Crippen LogP contribution in [0.2, 0.25) is 0 Å². The van der Waals surface area contributed by atoms with Gasteiger partial charge in [0.2, 0.25) is 0 Å². The molecular weight excluding hydrogens is 308 g/mol. The number of Topliss-reactive ketones (excluding diaryl/α,β-unsaturated/α-hetero) is 1. The lowest BCUT2D eigenvalue weighted by Crippen LogP contribution is -2.64. The second kappa shape index (κ2) is 7.05. The van der Waals surface area contributed by atoms with Gasteiger partial charge in [0.05, 0.1) is 6.10 Å². The highest BCUT2D eigenvalue weighted by molar-refractivity contribution is 5.94. The topological polar surface area (TPSA) is 76.0 Å². The Morgan fingerprint density at radius 1 is 1.38 bits per heavy atom. The van der Waals surface area contributed by atoms with Crippen molar-refractivity contribution in [3.05, 3.63) is 42.5 Å². The fraction of sp³-hybridized carbons (Fsp3) is 0.526. The summed E-state index contributed by atoms with van der Waals surface area (Å²) in [5.74, 6) is 0.624. The third-order valence-corrected chi connectivity index (χ3v) is 5.28. The number of fused-ring (bicyclic) bond motifs is 1. The summed E-state index contributed by atoms with van der Waals surface area (Å²) in [6, 6.07) is 9.29. The summed E-state index contributed by atoms with van der Waals surface area (Å²) in [5, 5.41) is 20.4. The number of rotatable bonds is 6. The minimum atomic E-state index is -0.771. The largest absolute Gasteiger partial charge is 0.491 e. The molecule has 130 valence electrons. The first kappa shape index (κ1) is 17.1. The summed E-state index contributed by atoms with van der Waals surface area (Å²) < 4.78 is 11.0. The Kier molecular flexibility index (Phi) is 5.04. The molecule has 0 amide bonds. The summed E-state index contributed by atoms with van der Waals surface area (Å²) in [6.45, 7) is 0.141. The summed E-state index contributed by atoms with van der Waals surface area (Å²) in [7, 11) is 1.56. The Hall–Kier alpha value is -1.69. The Morgan fingerprint density at radius 2 is 2.12 bits per heavy atom. The molecule has 24 heavy (non-hydrogen) atoms. The fourth-order valence-electron chi connectivity index (χ4n) is 3.85. The fourth-order valence-corrected chi connectivity index (χ4v) is 3.85. The predicted molar refractivity (Wildman–Crippen MR) is 88.7 cm³/mol. The van der Waals surface area contributed by atoms with E-state index in [9.17, 15) is 15.0 Å². The van der Waals surface area contributed by atoms with Crippen LogP contribution in [0.25, 0.3) is 0 Å². The Balaban J connectivity index is 1.59. The van der Waals surface area contributed by atoms with Crippen molar-refractivity contribution in [2.45, 2.75) is 37.1 Å². The van der Waals surface area contributed by atoms with Gasteiger partial charge in [0.1, 0.15) is 24.1 Å². The van der Waals surface area contributed by atoms with Gasteiger partial charge in [0.15, 0.2) is 5.78 Å². The SMILES string of the molecule is CO[C@@]12CC[C@H](O)[C@@H](/C=C/[C@@H](O)COc3ccccc3)[C@@H]1CC2=O. The van der Waals surface area contributed by atoms with Crippen LogP contribution in [-0.2, 0) is 9.53 Å². The number of aliphatic hydroxyl groups is 2. The summed E-state index contributed by atoms with van der Waals surface area (Å²) >= 11 is 0. The average Bonchev–Trinajstić information content (AvgIpc) is 2.60. The van der Waals surface area contributed by atoms with E-state index in [-0.39, 0.29) is 24.2 Å². The van der Waals surface area contributed by atoms with E-state index in [0.29, 0.717) is 25.0 Å². The lowest BCUT2D eigenvalue weighted by molar-refractivity contribution is -0.191. The molecule has 3 rings (SSSR count). The lowest BCUT2D eigenvalue weighted by atomic mass is 9.55. The van der Waals surface area contributed by atoms with E-state index in [1.54, 1.807) is 13.2 Å². The number of hydrogen-bond acceptors (Lipinski definition) is 5. The first-order chi connectivity index (χ1) is 11.6. The molecule has 0 unspecified atom stereocenters. The lowest BCUT2D eigenvalue weighted by Gasteiger charge is -2.54.